The highest BCUT2D eigenvalue weighted by molar-refractivity contribution is 5.72. The lowest BCUT2D eigenvalue weighted by Gasteiger charge is -2.35. The van der Waals surface area contributed by atoms with Crippen molar-refractivity contribution in [3.63, 3.8) is 0 Å². The summed E-state index contributed by atoms with van der Waals surface area (Å²) in [6.07, 6.45) is 3.25. The maximum atomic E-state index is 11.7. The van der Waals surface area contributed by atoms with Crippen LogP contribution in [0.3, 0.4) is 0 Å². The minimum atomic E-state index is -0.336. The van der Waals surface area contributed by atoms with Crippen LogP contribution in [0, 0.1) is 17.0 Å². The second-order valence-electron chi connectivity index (χ2n) is 7.29. The molecule has 1 aliphatic heterocycles. The number of nitro groups is 1. The summed E-state index contributed by atoms with van der Waals surface area (Å²) in [6.45, 7) is 4.96. The largest absolute Gasteiger partial charge is 0.363 e. The van der Waals surface area contributed by atoms with Gasteiger partial charge >= 0.3 is 0 Å². The zero-order valence-corrected chi connectivity index (χ0v) is 16.0. The van der Waals surface area contributed by atoms with Crippen molar-refractivity contribution in [2.45, 2.75) is 39.2 Å². The van der Waals surface area contributed by atoms with Crippen molar-refractivity contribution in [2.75, 3.05) is 11.4 Å². The predicted molar refractivity (Wildman–Crippen MR) is 107 cm³/mol. The van der Waals surface area contributed by atoms with E-state index in [1.807, 2.05) is 37.3 Å². The standard InChI is InChI=1S/C21H22N4O3/c1-14-6-8-16(9-7-14)20-22-21(28-23-20)17-10-11-18(19(13-17)25(26)27)24-12-4-3-5-15(24)2/h6-11,13,15H,3-5,12H2,1-2H3/t15-/m1/s1. The Morgan fingerprint density at radius 2 is 1.89 bits per heavy atom. The number of hydrogen-bond acceptors (Lipinski definition) is 6. The third-order valence-electron chi connectivity index (χ3n) is 5.27. The molecule has 2 aromatic carbocycles. The van der Waals surface area contributed by atoms with E-state index in [4.69, 9.17) is 4.52 Å². The van der Waals surface area contributed by atoms with E-state index in [0.717, 1.165) is 36.9 Å². The van der Waals surface area contributed by atoms with Crippen LogP contribution in [0.1, 0.15) is 31.7 Å². The third-order valence-corrected chi connectivity index (χ3v) is 5.27. The van der Waals surface area contributed by atoms with Gasteiger partial charge in [0.2, 0.25) is 5.82 Å². The van der Waals surface area contributed by atoms with Gasteiger partial charge < -0.3 is 9.42 Å². The molecule has 1 fully saturated rings. The first-order valence-electron chi connectivity index (χ1n) is 9.49. The van der Waals surface area contributed by atoms with Crippen molar-refractivity contribution < 1.29 is 9.45 Å². The number of anilines is 1. The van der Waals surface area contributed by atoms with E-state index in [9.17, 15) is 10.1 Å². The van der Waals surface area contributed by atoms with Crippen LogP contribution in [-0.2, 0) is 0 Å². The van der Waals surface area contributed by atoms with Gasteiger partial charge in [-0.05, 0) is 45.2 Å². The van der Waals surface area contributed by atoms with Gasteiger partial charge in [0, 0.05) is 29.8 Å². The highest BCUT2D eigenvalue weighted by atomic mass is 16.6. The molecule has 1 aromatic heterocycles. The highest BCUT2D eigenvalue weighted by Crippen LogP contribution is 2.36. The van der Waals surface area contributed by atoms with Gasteiger partial charge in [0.15, 0.2) is 0 Å². The molecule has 3 aromatic rings. The number of benzene rings is 2. The first-order chi connectivity index (χ1) is 13.5. The molecule has 1 aliphatic rings. The molecule has 0 aliphatic carbocycles. The summed E-state index contributed by atoms with van der Waals surface area (Å²) in [5.41, 5.74) is 3.26. The second kappa shape index (κ2) is 7.42. The molecule has 1 atom stereocenters. The summed E-state index contributed by atoms with van der Waals surface area (Å²) >= 11 is 0. The van der Waals surface area contributed by atoms with Crippen LogP contribution in [0.4, 0.5) is 11.4 Å². The molecule has 0 radical (unpaired) electrons. The van der Waals surface area contributed by atoms with Gasteiger partial charge in [-0.15, -0.1) is 0 Å². The summed E-state index contributed by atoms with van der Waals surface area (Å²) in [6, 6.07) is 13.2. The van der Waals surface area contributed by atoms with Crippen LogP contribution < -0.4 is 4.90 Å². The van der Waals surface area contributed by atoms with E-state index in [-0.39, 0.29) is 22.5 Å². The Balaban J connectivity index is 1.68. The minimum absolute atomic E-state index is 0.0707. The zero-order valence-electron chi connectivity index (χ0n) is 16.0. The molecule has 144 valence electrons. The molecule has 0 saturated carbocycles. The summed E-state index contributed by atoms with van der Waals surface area (Å²) in [5, 5.41) is 15.8. The van der Waals surface area contributed by atoms with Gasteiger partial charge in [0.1, 0.15) is 5.69 Å². The van der Waals surface area contributed by atoms with Crippen LogP contribution in [0.2, 0.25) is 0 Å². The maximum Gasteiger partial charge on any atom is 0.293 e. The van der Waals surface area contributed by atoms with Gasteiger partial charge in [-0.3, -0.25) is 10.1 Å². The Morgan fingerprint density at radius 3 is 2.61 bits per heavy atom. The van der Waals surface area contributed by atoms with Crippen molar-refractivity contribution >= 4 is 11.4 Å². The van der Waals surface area contributed by atoms with Crippen molar-refractivity contribution in [3.8, 4) is 22.8 Å². The van der Waals surface area contributed by atoms with Gasteiger partial charge in [-0.1, -0.05) is 35.0 Å². The molecule has 0 amide bonds. The van der Waals surface area contributed by atoms with Gasteiger partial charge in [-0.2, -0.15) is 4.98 Å². The first-order valence-corrected chi connectivity index (χ1v) is 9.49. The quantitative estimate of drug-likeness (QED) is 0.469. The molecule has 0 N–H and O–H groups in total. The van der Waals surface area contributed by atoms with Crippen molar-refractivity contribution in [2.24, 2.45) is 0 Å². The lowest BCUT2D eigenvalue weighted by atomic mass is 10.0. The van der Waals surface area contributed by atoms with E-state index in [2.05, 4.69) is 22.0 Å². The number of aryl methyl sites for hydroxylation is 1. The van der Waals surface area contributed by atoms with E-state index < -0.39 is 0 Å². The lowest BCUT2D eigenvalue weighted by molar-refractivity contribution is -0.384. The van der Waals surface area contributed by atoms with E-state index in [1.54, 1.807) is 6.07 Å². The molecule has 4 rings (SSSR count). The number of nitro benzene ring substituents is 1. The normalized spacial score (nSPS) is 16.9. The third kappa shape index (κ3) is 3.47. The summed E-state index contributed by atoms with van der Waals surface area (Å²) in [7, 11) is 0. The van der Waals surface area contributed by atoms with Crippen molar-refractivity contribution in [3.05, 3.63) is 58.1 Å². The van der Waals surface area contributed by atoms with Gasteiger partial charge in [0.05, 0.1) is 4.92 Å². The molecule has 0 spiro atoms. The van der Waals surface area contributed by atoms with E-state index in [0.29, 0.717) is 17.1 Å². The zero-order chi connectivity index (χ0) is 19.7. The second-order valence-corrected chi connectivity index (χ2v) is 7.29. The topological polar surface area (TPSA) is 85.3 Å². The Kier molecular flexibility index (Phi) is 4.81. The minimum Gasteiger partial charge on any atom is -0.363 e. The Morgan fingerprint density at radius 1 is 1.14 bits per heavy atom. The molecule has 7 nitrogen and oxygen atoms in total. The van der Waals surface area contributed by atoms with Crippen LogP contribution in [0.5, 0.6) is 0 Å². The molecule has 7 heteroatoms. The fraction of sp³-hybridized carbons (Fsp3) is 0.333. The summed E-state index contributed by atoms with van der Waals surface area (Å²) < 4.78 is 5.38. The van der Waals surface area contributed by atoms with Gasteiger partial charge in [0.25, 0.3) is 11.6 Å². The Bertz CT molecular complexity index is 997. The highest BCUT2D eigenvalue weighted by Gasteiger charge is 2.26. The van der Waals surface area contributed by atoms with Crippen molar-refractivity contribution in [1.29, 1.82) is 0 Å². The average Bonchev–Trinajstić information content (AvgIpc) is 3.19. The fourth-order valence-corrected chi connectivity index (χ4v) is 3.66. The number of piperidine rings is 1. The molecule has 28 heavy (non-hydrogen) atoms. The number of nitrogens with zero attached hydrogens (tertiary/aromatic N) is 4. The SMILES string of the molecule is Cc1ccc(-c2noc(-c3ccc(N4CCCC[C@H]4C)c([N+](=O)[O-])c3)n2)cc1. The Hall–Kier alpha value is -3.22. The van der Waals surface area contributed by atoms with Gasteiger partial charge in [-0.25, -0.2) is 0 Å². The molecular formula is C21H22N4O3. The van der Waals surface area contributed by atoms with Crippen molar-refractivity contribution in [1.82, 2.24) is 10.1 Å². The molecular weight excluding hydrogens is 356 g/mol. The van der Waals surface area contributed by atoms with E-state index >= 15 is 0 Å². The average molecular weight is 378 g/mol. The van der Waals surface area contributed by atoms with E-state index in [1.165, 1.54) is 6.07 Å². The molecule has 0 unspecified atom stereocenters. The first kappa shape index (κ1) is 18.2. The number of hydrogen-bond donors (Lipinski definition) is 0. The summed E-state index contributed by atoms with van der Waals surface area (Å²) in [4.78, 5) is 17.9. The Labute approximate surface area is 163 Å². The number of aromatic nitrogens is 2. The fourth-order valence-electron chi connectivity index (χ4n) is 3.66. The molecule has 1 saturated heterocycles. The monoisotopic (exact) mass is 378 g/mol. The molecule has 0 bridgehead atoms. The van der Waals surface area contributed by atoms with Crippen LogP contribution >= 0.6 is 0 Å². The molecule has 2 heterocycles. The lowest BCUT2D eigenvalue weighted by Crippen LogP contribution is -2.37. The number of rotatable bonds is 4. The predicted octanol–water partition coefficient (Wildman–Crippen LogP) is 5.00. The van der Waals surface area contributed by atoms with Crippen LogP contribution in [-0.4, -0.2) is 27.7 Å². The maximum absolute atomic E-state index is 11.7. The van der Waals surface area contributed by atoms with Crippen LogP contribution in [0.25, 0.3) is 22.8 Å². The smallest absolute Gasteiger partial charge is 0.293 e. The summed E-state index contributed by atoms with van der Waals surface area (Å²) in [5.74, 6) is 0.739. The van der Waals surface area contributed by atoms with Crippen LogP contribution in [0.15, 0.2) is 47.0 Å².